The molecule has 76 valence electrons. The molecule has 4 N–H and O–H groups in total. The monoisotopic (exact) mass is 192 g/mol. The first-order valence-corrected chi connectivity index (χ1v) is 3.81. The Morgan fingerprint density at radius 3 is 2.54 bits per heavy atom. The number of aliphatic hydroxyl groups is 4. The van der Waals surface area contributed by atoms with E-state index in [1.54, 1.807) is 0 Å². The van der Waals surface area contributed by atoms with E-state index in [1.807, 2.05) is 0 Å². The summed E-state index contributed by atoms with van der Waals surface area (Å²) in [6.45, 7) is 0.440. The number of rotatable bonds is 2. The van der Waals surface area contributed by atoms with E-state index in [4.69, 9.17) is 10.2 Å². The van der Waals surface area contributed by atoms with Crippen LogP contribution in [0.1, 0.15) is 6.92 Å². The molecule has 1 saturated heterocycles. The van der Waals surface area contributed by atoms with Gasteiger partial charge in [-0.05, 0) is 6.92 Å². The van der Waals surface area contributed by atoms with Gasteiger partial charge in [0.2, 0.25) is 0 Å². The van der Waals surface area contributed by atoms with Crippen LogP contribution < -0.4 is 0 Å². The predicted molar refractivity (Wildman–Crippen MR) is 39.6 cm³/mol. The summed E-state index contributed by atoms with van der Waals surface area (Å²) in [5.41, 5.74) is -2.01. The zero-order valence-corrected chi connectivity index (χ0v) is 7.04. The lowest BCUT2D eigenvalue weighted by Crippen LogP contribution is -2.46. The molecule has 1 rings (SSSR count). The summed E-state index contributed by atoms with van der Waals surface area (Å²) in [5, 5.41) is 36.3. The van der Waals surface area contributed by atoms with E-state index in [9.17, 15) is 15.0 Å². The highest BCUT2D eigenvalue weighted by molar-refractivity contribution is 5.82. The minimum Gasteiger partial charge on any atom is -0.454 e. The van der Waals surface area contributed by atoms with E-state index in [0.717, 1.165) is 6.92 Å². The van der Waals surface area contributed by atoms with Gasteiger partial charge in [-0.2, -0.15) is 0 Å². The van der Waals surface area contributed by atoms with Gasteiger partial charge in [0, 0.05) is 0 Å². The van der Waals surface area contributed by atoms with E-state index < -0.39 is 36.5 Å². The highest BCUT2D eigenvalue weighted by Crippen LogP contribution is 2.27. The molecule has 0 bridgehead atoms. The summed E-state index contributed by atoms with van der Waals surface area (Å²) in [6.07, 6.45) is -4.18. The van der Waals surface area contributed by atoms with Crippen LogP contribution in [0.25, 0.3) is 0 Å². The van der Waals surface area contributed by atoms with Crippen LogP contribution in [0, 0.1) is 0 Å². The third-order valence-electron chi connectivity index (χ3n) is 2.11. The molecule has 6 heteroatoms. The van der Waals surface area contributed by atoms with Crippen molar-refractivity contribution in [2.45, 2.75) is 30.8 Å². The van der Waals surface area contributed by atoms with Crippen molar-refractivity contribution in [3.63, 3.8) is 0 Å². The summed E-state index contributed by atoms with van der Waals surface area (Å²) >= 11 is 0. The molecule has 4 unspecified atom stereocenters. The van der Waals surface area contributed by atoms with Gasteiger partial charge in [-0.3, -0.25) is 0 Å². The van der Waals surface area contributed by atoms with E-state index in [0.29, 0.717) is 0 Å². The molecule has 0 spiro atoms. The molecule has 1 aliphatic heterocycles. The fourth-order valence-corrected chi connectivity index (χ4v) is 1.14. The number of esters is 1. The van der Waals surface area contributed by atoms with Crippen molar-refractivity contribution in [1.29, 1.82) is 0 Å². The van der Waals surface area contributed by atoms with Crippen LogP contribution in [0.15, 0.2) is 0 Å². The van der Waals surface area contributed by atoms with Gasteiger partial charge >= 0.3 is 5.97 Å². The Morgan fingerprint density at radius 2 is 2.23 bits per heavy atom. The van der Waals surface area contributed by atoms with Gasteiger partial charge in [0.1, 0.15) is 12.2 Å². The Kier molecular flexibility index (Phi) is 2.58. The van der Waals surface area contributed by atoms with E-state index in [-0.39, 0.29) is 0 Å². The summed E-state index contributed by atoms with van der Waals surface area (Å²) in [6, 6.07) is 0. The summed E-state index contributed by atoms with van der Waals surface area (Å²) < 4.78 is 4.49. The Hall–Kier alpha value is -0.690. The molecule has 6 nitrogen and oxygen atoms in total. The molecule has 0 aromatic heterocycles. The zero-order valence-electron chi connectivity index (χ0n) is 7.04. The maximum absolute atomic E-state index is 10.9. The van der Waals surface area contributed by atoms with E-state index in [1.165, 1.54) is 0 Å². The van der Waals surface area contributed by atoms with Gasteiger partial charge in [0.25, 0.3) is 0 Å². The number of hydrogen-bond acceptors (Lipinski definition) is 6. The Bertz CT molecular complexity index is 213. The SMILES string of the molecule is CC1(O)C(=O)OC(C(O)CO)C1O. The van der Waals surface area contributed by atoms with Crippen LogP contribution in [0.5, 0.6) is 0 Å². The highest BCUT2D eigenvalue weighted by Gasteiger charge is 2.54. The second kappa shape index (κ2) is 3.22. The average Bonchev–Trinajstić information content (AvgIpc) is 2.28. The molecule has 0 aromatic carbocycles. The lowest BCUT2D eigenvalue weighted by atomic mass is 9.96. The lowest BCUT2D eigenvalue weighted by Gasteiger charge is -2.20. The van der Waals surface area contributed by atoms with Crippen molar-refractivity contribution in [3.05, 3.63) is 0 Å². The topological polar surface area (TPSA) is 107 Å². The fraction of sp³-hybridized carbons (Fsp3) is 0.857. The summed E-state index contributed by atoms with van der Waals surface area (Å²) in [7, 11) is 0. The molecule has 1 heterocycles. The maximum atomic E-state index is 10.9. The fourth-order valence-electron chi connectivity index (χ4n) is 1.14. The van der Waals surface area contributed by atoms with Crippen LogP contribution in [0.3, 0.4) is 0 Å². The Balaban J connectivity index is 2.79. The van der Waals surface area contributed by atoms with Gasteiger partial charge in [-0.25, -0.2) is 4.79 Å². The quantitative estimate of drug-likeness (QED) is 0.357. The molecule has 1 aliphatic rings. The standard InChI is InChI=1S/C7H12O6/c1-7(12)5(10)4(3(9)2-8)13-6(7)11/h3-5,8-10,12H,2H2,1H3. The van der Waals surface area contributed by atoms with E-state index >= 15 is 0 Å². The third kappa shape index (κ3) is 1.53. The molecule has 0 saturated carbocycles. The molecule has 0 radical (unpaired) electrons. The van der Waals surface area contributed by atoms with Crippen molar-refractivity contribution in [2.24, 2.45) is 0 Å². The number of cyclic esters (lactones) is 1. The normalized spacial score (nSPS) is 41.8. The van der Waals surface area contributed by atoms with Crippen molar-refractivity contribution < 1.29 is 30.0 Å². The first-order chi connectivity index (χ1) is 5.91. The van der Waals surface area contributed by atoms with Crippen LogP contribution >= 0.6 is 0 Å². The molecule has 0 aromatic rings. The highest BCUT2D eigenvalue weighted by atomic mass is 16.6. The van der Waals surface area contributed by atoms with Crippen molar-refractivity contribution in [3.8, 4) is 0 Å². The molecule has 13 heavy (non-hydrogen) atoms. The molecule has 0 amide bonds. The van der Waals surface area contributed by atoms with Crippen LogP contribution in [-0.4, -0.2) is 56.9 Å². The maximum Gasteiger partial charge on any atom is 0.341 e. The van der Waals surface area contributed by atoms with Crippen molar-refractivity contribution >= 4 is 5.97 Å². The number of ether oxygens (including phenoxy) is 1. The average molecular weight is 192 g/mol. The van der Waals surface area contributed by atoms with Gasteiger partial charge in [0.05, 0.1) is 6.61 Å². The summed E-state index contributed by atoms with van der Waals surface area (Å²) in [4.78, 5) is 10.9. The largest absolute Gasteiger partial charge is 0.454 e. The van der Waals surface area contributed by atoms with Gasteiger partial charge in [-0.15, -0.1) is 0 Å². The Labute approximate surface area is 74.4 Å². The second-order valence-electron chi connectivity index (χ2n) is 3.21. The summed E-state index contributed by atoms with van der Waals surface area (Å²) in [5.74, 6) is -1.00. The Morgan fingerprint density at radius 1 is 1.69 bits per heavy atom. The minimum atomic E-state index is -2.01. The van der Waals surface area contributed by atoms with Gasteiger partial charge in [0.15, 0.2) is 11.7 Å². The minimum absolute atomic E-state index is 0.648. The number of carbonyl (C=O) groups is 1. The molecule has 0 aliphatic carbocycles. The third-order valence-corrected chi connectivity index (χ3v) is 2.11. The first kappa shape index (κ1) is 10.4. The van der Waals surface area contributed by atoms with Crippen molar-refractivity contribution in [2.75, 3.05) is 6.61 Å². The van der Waals surface area contributed by atoms with Crippen LogP contribution in [0.2, 0.25) is 0 Å². The second-order valence-corrected chi connectivity index (χ2v) is 3.21. The molecule has 4 atom stereocenters. The van der Waals surface area contributed by atoms with Gasteiger partial charge in [-0.1, -0.05) is 0 Å². The smallest absolute Gasteiger partial charge is 0.341 e. The number of carbonyl (C=O) groups excluding carboxylic acids is 1. The van der Waals surface area contributed by atoms with E-state index in [2.05, 4.69) is 4.74 Å². The van der Waals surface area contributed by atoms with Crippen LogP contribution in [-0.2, 0) is 9.53 Å². The lowest BCUT2D eigenvalue weighted by molar-refractivity contribution is -0.156. The van der Waals surface area contributed by atoms with Gasteiger partial charge < -0.3 is 25.2 Å². The predicted octanol–water partition coefficient (Wildman–Crippen LogP) is -2.62. The molecular weight excluding hydrogens is 180 g/mol. The zero-order chi connectivity index (χ0) is 10.2. The molecule has 1 fully saturated rings. The molecular formula is C7H12O6. The van der Waals surface area contributed by atoms with Crippen LogP contribution in [0.4, 0.5) is 0 Å². The van der Waals surface area contributed by atoms with Crippen molar-refractivity contribution in [1.82, 2.24) is 0 Å². The number of aliphatic hydroxyl groups excluding tert-OH is 3. The first-order valence-electron chi connectivity index (χ1n) is 3.81. The number of hydrogen-bond donors (Lipinski definition) is 4.